The van der Waals surface area contributed by atoms with E-state index in [2.05, 4.69) is 9.05 Å². The van der Waals surface area contributed by atoms with Gasteiger partial charge in [-0.05, 0) is 0 Å². The second-order valence-electron chi connectivity index (χ2n) is 1.61. The Balaban J connectivity index is 3.89. The minimum Gasteiger partial charge on any atom is -0.343 e. The summed E-state index contributed by atoms with van der Waals surface area (Å²) in [6.07, 6.45) is 0. The second-order valence-corrected chi connectivity index (χ2v) is 3.03. The molecule has 0 fully saturated rings. The lowest BCUT2D eigenvalue weighted by Crippen LogP contribution is -2.27. The molecule has 2 unspecified atom stereocenters. The van der Waals surface area contributed by atoms with Crippen LogP contribution in [0.1, 0.15) is 6.92 Å². The molecule has 11 heavy (non-hydrogen) atoms. The summed E-state index contributed by atoms with van der Waals surface area (Å²) >= 11 is 0. The topological polar surface area (TPSA) is 116 Å². The standard InChI is InChI=1S/C2H8O7P2/c1-2(3,8-10(4)5)9-11(6)7/h3-5,11H,1H3,(H,6,7). The van der Waals surface area contributed by atoms with E-state index in [4.69, 9.17) is 19.8 Å². The average Bonchev–Trinajstić information content (AvgIpc) is 1.53. The van der Waals surface area contributed by atoms with E-state index in [1.54, 1.807) is 0 Å². The highest BCUT2D eigenvalue weighted by Crippen LogP contribution is 2.35. The molecule has 2 atom stereocenters. The predicted molar refractivity (Wildman–Crippen MR) is 35.4 cm³/mol. The van der Waals surface area contributed by atoms with Crippen LogP contribution in [0.25, 0.3) is 0 Å². The molecule has 0 saturated heterocycles. The first kappa shape index (κ1) is 11.4. The van der Waals surface area contributed by atoms with Crippen LogP contribution >= 0.6 is 16.9 Å². The Morgan fingerprint density at radius 3 is 2.27 bits per heavy atom. The van der Waals surface area contributed by atoms with Gasteiger partial charge in [-0.15, -0.1) is 0 Å². The molecule has 4 N–H and O–H groups in total. The van der Waals surface area contributed by atoms with Crippen LogP contribution < -0.4 is 0 Å². The van der Waals surface area contributed by atoms with Crippen molar-refractivity contribution in [1.82, 2.24) is 0 Å². The summed E-state index contributed by atoms with van der Waals surface area (Å²) in [7, 11) is -6.20. The molecule has 0 bridgehead atoms. The van der Waals surface area contributed by atoms with Crippen molar-refractivity contribution in [1.29, 1.82) is 0 Å². The Morgan fingerprint density at radius 2 is 2.00 bits per heavy atom. The Hall–Kier alpha value is 0.420. The molecule has 0 spiro atoms. The molecule has 0 amide bonds. The summed E-state index contributed by atoms with van der Waals surface area (Å²) in [6.45, 7) is 0.855. The number of aliphatic hydroxyl groups is 1. The van der Waals surface area contributed by atoms with Crippen LogP contribution in [0, 0.1) is 0 Å². The van der Waals surface area contributed by atoms with Gasteiger partial charge in [0.2, 0.25) is 0 Å². The van der Waals surface area contributed by atoms with Crippen molar-refractivity contribution in [2.24, 2.45) is 0 Å². The molecule has 0 heterocycles. The van der Waals surface area contributed by atoms with Crippen molar-refractivity contribution in [3.63, 3.8) is 0 Å². The van der Waals surface area contributed by atoms with E-state index in [1.807, 2.05) is 0 Å². The summed E-state index contributed by atoms with van der Waals surface area (Å²) in [6, 6.07) is 0. The number of hydrogen-bond acceptors (Lipinski definition) is 6. The zero-order valence-corrected chi connectivity index (χ0v) is 7.36. The molecule has 68 valence electrons. The molecule has 0 aliphatic carbocycles. The zero-order chi connectivity index (χ0) is 9.07. The molecule has 0 aromatic carbocycles. The van der Waals surface area contributed by atoms with Gasteiger partial charge in [0.05, 0.1) is 0 Å². The molecular formula is C2H8O7P2. The van der Waals surface area contributed by atoms with Gasteiger partial charge in [-0.3, -0.25) is 13.6 Å². The minimum absolute atomic E-state index is 0.855. The monoisotopic (exact) mass is 206 g/mol. The molecule has 0 aromatic rings. The quantitative estimate of drug-likeness (QED) is 0.354. The van der Waals surface area contributed by atoms with E-state index in [1.165, 1.54) is 0 Å². The summed E-state index contributed by atoms with van der Waals surface area (Å²) < 4.78 is 17.8. The van der Waals surface area contributed by atoms with E-state index in [-0.39, 0.29) is 0 Å². The molecule has 9 heteroatoms. The van der Waals surface area contributed by atoms with Crippen LogP contribution in [0.5, 0.6) is 0 Å². The largest absolute Gasteiger partial charge is 0.343 e. The summed E-state index contributed by atoms with van der Waals surface area (Å²) in [5.41, 5.74) is 0. The summed E-state index contributed by atoms with van der Waals surface area (Å²) in [5.74, 6) is -2.44. The van der Waals surface area contributed by atoms with E-state index < -0.39 is 22.8 Å². The van der Waals surface area contributed by atoms with Gasteiger partial charge in [0, 0.05) is 6.92 Å². The van der Waals surface area contributed by atoms with Crippen molar-refractivity contribution < 1.29 is 33.4 Å². The molecule has 0 radical (unpaired) electrons. The lowest BCUT2D eigenvalue weighted by molar-refractivity contribution is -0.261. The van der Waals surface area contributed by atoms with Gasteiger partial charge in [0.25, 0.3) is 5.97 Å². The van der Waals surface area contributed by atoms with Crippen molar-refractivity contribution in [2.75, 3.05) is 0 Å². The van der Waals surface area contributed by atoms with Gasteiger partial charge in [0.1, 0.15) is 0 Å². The van der Waals surface area contributed by atoms with Gasteiger partial charge >= 0.3 is 16.9 Å². The fourth-order valence-corrected chi connectivity index (χ4v) is 1.11. The molecule has 0 rings (SSSR count). The molecule has 0 aliphatic heterocycles. The van der Waals surface area contributed by atoms with Crippen LogP contribution in [-0.4, -0.2) is 25.8 Å². The summed E-state index contributed by atoms with van der Waals surface area (Å²) in [4.78, 5) is 24.5. The lowest BCUT2D eigenvalue weighted by Gasteiger charge is -2.20. The number of rotatable bonds is 4. The van der Waals surface area contributed by atoms with Gasteiger partial charge in [0.15, 0.2) is 0 Å². The van der Waals surface area contributed by atoms with Crippen LogP contribution in [0.2, 0.25) is 0 Å². The van der Waals surface area contributed by atoms with E-state index in [9.17, 15) is 4.57 Å². The highest BCUT2D eigenvalue weighted by molar-refractivity contribution is 7.39. The van der Waals surface area contributed by atoms with Crippen LogP contribution in [0.4, 0.5) is 0 Å². The third-order valence-corrected chi connectivity index (χ3v) is 1.58. The van der Waals surface area contributed by atoms with Crippen LogP contribution in [-0.2, 0) is 13.6 Å². The van der Waals surface area contributed by atoms with Crippen LogP contribution in [0.3, 0.4) is 0 Å². The van der Waals surface area contributed by atoms with Crippen LogP contribution in [0.15, 0.2) is 0 Å². The van der Waals surface area contributed by atoms with Crippen molar-refractivity contribution in [3.8, 4) is 0 Å². The molecule has 0 aliphatic rings. The van der Waals surface area contributed by atoms with E-state index >= 15 is 0 Å². The Labute approximate surface area is 64.1 Å². The van der Waals surface area contributed by atoms with Gasteiger partial charge in [-0.1, -0.05) is 0 Å². The Morgan fingerprint density at radius 1 is 1.55 bits per heavy atom. The van der Waals surface area contributed by atoms with Gasteiger partial charge in [-0.25, -0.2) is 0 Å². The summed E-state index contributed by atoms with van der Waals surface area (Å²) in [5, 5.41) is 8.77. The van der Waals surface area contributed by atoms with E-state index in [0.29, 0.717) is 0 Å². The maximum atomic E-state index is 9.96. The molecular weight excluding hydrogens is 198 g/mol. The average molecular weight is 206 g/mol. The van der Waals surface area contributed by atoms with Crippen molar-refractivity contribution in [2.45, 2.75) is 12.9 Å². The molecule has 7 nitrogen and oxygen atoms in total. The van der Waals surface area contributed by atoms with Crippen molar-refractivity contribution in [3.05, 3.63) is 0 Å². The third-order valence-electron chi connectivity index (χ3n) is 0.528. The predicted octanol–water partition coefficient (Wildman–Crippen LogP) is -0.721. The third kappa shape index (κ3) is 6.80. The number of hydrogen-bond donors (Lipinski definition) is 4. The first-order chi connectivity index (χ1) is 4.83. The first-order valence-electron chi connectivity index (χ1n) is 2.35. The maximum Gasteiger partial charge on any atom is 0.331 e. The normalized spacial score (nSPS) is 19.8. The SMILES string of the molecule is CC(O)(OP(O)O)O[PH](=O)O. The Kier molecular flexibility index (Phi) is 4.62. The highest BCUT2D eigenvalue weighted by atomic mass is 31.2. The van der Waals surface area contributed by atoms with Gasteiger partial charge in [-0.2, -0.15) is 0 Å². The van der Waals surface area contributed by atoms with Gasteiger partial charge < -0.3 is 19.8 Å². The first-order valence-corrected chi connectivity index (χ1v) is 4.78. The Bertz CT molecular complexity index is 143. The maximum absolute atomic E-state index is 9.96. The fraction of sp³-hybridized carbons (Fsp3) is 1.00. The van der Waals surface area contributed by atoms with Crippen molar-refractivity contribution >= 4 is 16.9 Å². The molecule has 0 saturated carbocycles. The van der Waals surface area contributed by atoms with E-state index in [0.717, 1.165) is 6.92 Å². The second kappa shape index (κ2) is 4.45. The fourth-order valence-electron chi connectivity index (χ4n) is 0.332. The molecule has 0 aromatic heterocycles. The zero-order valence-electron chi connectivity index (χ0n) is 5.46. The highest BCUT2D eigenvalue weighted by Gasteiger charge is 2.28. The smallest absolute Gasteiger partial charge is 0.331 e. The lowest BCUT2D eigenvalue weighted by atomic mass is 10.7. The minimum atomic E-state index is -3.37.